The molecule has 4 heterocycles. The van der Waals surface area contributed by atoms with Gasteiger partial charge in [-0.05, 0) is 19.2 Å². The molecule has 1 amide bonds. The molecule has 0 spiro atoms. The van der Waals surface area contributed by atoms with Gasteiger partial charge in [-0.25, -0.2) is 24.7 Å². The van der Waals surface area contributed by atoms with Crippen LogP contribution < -0.4 is 32.1 Å². The Morgan fingerprint density at radius 3 is 2.46 bits per heavy atom. The predicted molar refractivity (Wildman–Crippen MR) is 137 cm³/mol. The molecule has 0 unspecified atom stereocenters. The Morgan fingerprint density at radius 2 is 1.82 bits per heavy atom. The minimum Gasteiger partial charge on any atom is -0.369 e. The van der Waals surface area contributed by atoms with Crippen molar-refractivity contribution in [1.29, 1.82) is 0 Å². The number of nitrogens with zero attached hydrogens (tertiary/aromatic N) is 7. The fraction of sp³-hybridized carbons (Fsp3) is 0.348. The molecule has 3 N–H and O–H groups in total. The van der Waals surface area contributed by atoms with Gasteiger partial charge in [-0.3, -0.25) is 18.7 Å². The van der Waals surface area contributed by atoms with Gasteiger partial charge in [0.15, 0.2) is 5.82 Å². The highest BCUT2D eigenvalue weighted by molar-refractivity contribution is 5.93. The van der Waals surface area contributed by atoms with Gasteiger partial charge in [-0.2, -0.15) is 13.2 Å². The van der Waals surface area contributed by atoms with Gasteiger partial charge in [0.25, 0.3) is 5.56 Å². The van der Waals surface area contributed by atoms with E-state index in [4.69, 9.17) is 0 Å². The van der Waals surface area contributed by atoms with Gasteiger partial charge < -0.3 is 20.9 Å². The minimum atomic E-state index is -4.25. The average Bonchev–Trinajstić information content (AvgIpc) is 2.87. The second-order valence-electron chi connectivity index (χ2n) is 8.66. The number of rotatable bonds is 8. The van der Waals surface area contributed by atoms with E-state index >= 15 is 0 Å². The highest BCUT2D eigenvalue weighted by Crippen LogP contribution is 2.35. The SMILES string of the molecule is C/C=C\Nc1c(NCC(=O)Nc2ccnc(-c3cnc(N4CC(C(F)(F)F)C4)nc3)n2)c(=O)n(C)c(=O)n1C. The average molecular weight is 547 g/mol. The summed E-state index contributed by atoms with van der Waals surface area (Å²) in [6.45, 7) is 1.03. The van der Waals surface area contributed by atoms with Crippen LogP contribution in [0.4, 0.5) is 36.4 Å². The Kier molecular flexibility index (Phi) is 7.64. The monoisotopic (exact) mass is 546 g/mol. The summed E-state index contributed by atoms with van der Waals surface area (Å²) in [5.41, 5.74) is -0.729. The molecule has 0 atom stereocenters. The summed E-state index contributed by atoms with van der Waals surface area (Å²) in [5.74, 6) is -1.22. The van der Waals surface area contributed by atoms with Crippen molar-refractivity contribution in [2.45, 2.75) is 13.1 Å². The van der Waals surface area contributed by atoms with Crippen LogP contribution in [0.2, 0.25) is 0 Å². The maximum Gasteiger partial charge on any atom is 0.395 e. The van der Waals surface area contributed by atoms with Crippen molar-refractivity contribution in [2.24, 2.45) is 20.0 Å². The molecule has 1 aliphatic heterocycles. The molecule has 3 aromatic rings. The first-order valence-corrected chi connectivity index (χ1v) is 11.7. The normalized spacial score (nSPS) is 13.8. The van der Waals surface area contributed by atoms with E-state index in [0.717, 1.165) is 4.57 Å². The van der Waals surface area contributed by atoms with E-state index in [1.807, 2.05) is 0 Å². The lowest BCUT2D eigenvalue weighted by Gasteiger charge is -2.39. The standard InChI is InChI=1S/C23H25F3N10O3/c1-4-6-28-19-17(20(38)35(3)22(39)34(19)2)29-10-16(37)32-15-5-7-27-18(33-15)13-8-30-21(31-9-13)36-11-14(12-36)23(24,25)26/h4-9,14,28-29H,10-12H2,1-3H3,(H,27,32,33,37)/b6-4-. The lowest BCUT2D eigenvalue weighted by molar-refractivity contribution is -0.180. The summed E-state index contributed by atoms with van der Waals surface area (Å²) in [4.78, 5) is 55.6. The molecule has 0 bridgehead atoms. The number of aromatic nitrogens is 6. The summed E-state index contributed by atoms with van der Waals surface area (Å²) >= 11 is 0. The van der Waals surface area contributed by atoms with Crippen LogP contribution in [0.25, 0.3) is 11.4 Å². The van der Waals surface area contributed by atoms with Crippen LogP contribution in [0.3, 0.4) is 0 Å². The van der Waals surface area contributed by atoms with Crippen LogP contribution in [-0.4, -0.2) is 60.8 Å². The summed E-state index contributed by atoms with van der Waals surface area (Å²) in [6, 6.07) is 1.46. The van der Waals surface area contributed by atoms with Crippen molar-refractivity contribution in [3.05, 3.63) is 57.8 Å². The predicted octanol–water partition coefficient (Wildman–Crippen LogP) is 1.33. The molecule has 16 heteroatoms. The highest BCUT2D eigenvalue weighted by atomic mass is 19.4. The van der Waals surface area contributed by atoms with Crippen LogP contribution >= 0.6 is 0 Å². The van der Waals surface area contributed by atoms with Gasteiger partial charge in [0.2, 0.25) is 11.9 Å². The molecule has 0 aromatic carbocycles. The quantitative estimate of drug-likeness (QED) is 0.377. The fourth-order valence-electron chi connectivity index (χ4n) is 3.71. The first-order chi connectivity index (χ1) is 18.5. The molecule has 1 saturated heterocycles. The first kappa shape index (κ1) is 27.3. The van der Waals surface area contributed by atoms with Crippen molar-refractivity contribution in [3.8, 4) is 11.4 Å². The van der Waals surface area contributed by atoms with E-state index in [2.05, 4.69) is 35.9 Å². The van der Waals surface area contributed by atoms with Crippen molar-refractivity contribution in [1.82, 2.24) is 29.1 Å². The van der Waals surface area contributed by atoms with Crippen molar-refractivity contribution in [3.63, 3.8) is 0 Å². The lowest BCUT2D eigenvalue weighted by atomic mass is 10.0. The Labute approximate surface area is 219 Å². The molecule has 0 saturated carbocycles. The summed E-state index contributed by atoms with van der Waals surface area (Å²) in [6.07, 6.45) is 3.16. The number of amides is 1. The largest absolute Gasteiger partial charge is 0.395 e. The number of anilines is 4. The maximum absolute atomic E-state index is 12.7. The number of nitrogens with one attached hydrogen (secondary N) is 3. The number of carbonyl (C=O) groups excluding carboxylic acids is 1. The summed E-state index contributed by atoms with van der Waals surface area (Å²) in [7, 11) is 2.82. The van der Waals surface area contributed by atoms with E-state index in [0.29, 0.717) is 5.56 Å². The molecule has 1 aliphatic rings. The van der Waals surface area contributed by atoms with Crippen LogP contribution in [-0.2, 0) is 18.9 Å². The minimum absolute atomic E-state index is 0.0252. The third-order valence-electron chi connectivity index (χ3n) is 5.92. The van der Waals surface area contributed by atoms with Crippen LogP contribution in [0, 0.1) is 5.92 Å². The Bertz CT molecular complexity index is 1510. The van der Waals surface area contributed by atoms with E-state index in [1.165, 1.54) is 48.2 Å². The van der Waals surface area contributed by atoms with Gasteiger partial charge >= 0.3 is 11.9 Å². The van der Waals surface area contributed by atoms with Crippen molar-refractivity contribution < 1.29 is 18.0 Å². The smallest absolute Gasteiger partial charge is 0.369 e. The number of hydrogen-bond acceptors (Lipinski definition) is 10. The van der Waals surface area contributed by atoms with Gasteiger partial charge in [0.05, 0.1) is 18.0 Å². The summed E-state index contributed by atoms with van der Waals surface area (Å²) < 4.78 is 40.3. The van der Waals surface area contributed by atoms with Crippen LogP contribution in [0.1, 0.15) is 6.92 Å². The zero-order chi connectivity index (χ0) is 28.3. The van der Waals surface area contributed by atoms with E-state index < -0.39 is 29.3 Å². The van der Waals surface area contributed by atoms with Gasteiger partial charge in [0.1, 0.15) is 17.3 Å². The Balaban J connectivity index is 1.42. The van der Waals surface area contributed by atoms with Crippen molar-refractivity contribution >= 4 is 29.2 Å². The van der Waals surface area contributed by atoms with E-state index in [-0.39, 0.29) is 48.7 Å². The third kappa shape index (κ3) is 5.89. The van der Waals surface area contributed by atoms with Crippen molar-refractivity contribution in [2.75, 3.05) is 40.5 Å². The van der Waals surface area contributed by atoms with E-state index in [9.17, 15) is 27.6 Å². The number of carbonyl (C=O) groups is 1. The second kappa shape index (κ2) is 10.9. The van der Waals surface area contributed by atoms with E-state index in [1.54, 1.807) is 19.2 Å². The molecule has 1 fully saturated rings. The molecule has 3 aromatic heterocycles. The van der Waals surface area contributed by atoms with Crippen LogP contribution in [0.5, 0.6) is 0 Å². The number of allylic oxidation sites excluding steroid dienone is 1. The number of alkyl halides is 3. The van der Waals surface area contributed by atoms with Gasteiger partial charge in [-0.15, -0.1) is 0 Å². The molecule has 206 valence electrons. The third-order valence-corrected chi connectivity index (χ3v) is 5.92. The molecular weight excluding hydrogens is 521 g/mol. The zero-order valence-electron chi connectivity index (χ0n) is 21.2. The lowest BCUT2D eigenvalue weighted by Crippen LogP contribution is -2.54. The zero-order valence-corrected chi connectivity index (χ0v) is 21.2. The van der Waals surface area contributed by atoms with Gasteiger partial charge in [0, 0.05) is 45.8 Å². The second-order valence-corrected chi connectivity index (χ2v) is 8.66. The fourth-order valence-corrected chi connectivity index (χ4v) is 3.71. The Morgan fingerprint density at radius 1 is 1.13 bits per heavy atom. The first-order valence-electron chi connectivity index (χ1n) is 11.7. The molecule has 39 heavy (non-hydrogen) atoms. The van der Waals surface area contributed by atoms with Crippen LogP contribution in [0.15, 0.2) is 46.5 Å². The maximum atomic E-state index is 12.7. The molecule has 13 nitrogen and oxygen atoms in total. The van der Waals surface area contributed by atoms with Gasteiger partial charge in [-0.1, -0.05) is 6.08 Å². The Hall–Kier alpha value is -4.76. The molecular formula is C23H25F3N10O3. The molecule has 4 rings (SSSR count). The number of halogens is 3. The molecule has 0 radical (unpaired) electrons. The topological polar surface area (TPSA) is 152 Å². The number of hydrogen-bond donors (Lipinski definition) is 3. The highest BCUT2D eigenvalue weighted by Gasteiger charge is 2.47. The summed E-state index contributed by atoms with van der Waals surface area (Å²) in [5, 5.41) is 8.21. The molecule has 0 aliphatic carbocycles.